The van der Waals surface area contributed by atoms with Crippen molar-refractivity contribution in [2.75, 3.05) is 25.5 Å². The maximum Gasteiger partial charge on any atom is 0.244 e. The van der Waals surface area contributed by atoms with Crippen LogP contribution in [-0.4, -0.2) is 34.3 Å². The number of hydrogen-bond donors (Lipinski definition) is 2. The Balaban J connectivity index is 2.16. The van der Waals surface area contributed by atoms with Crippen LogP contribution in [-0.2, 0) is 14.8 Å². The van der Waals surface area contributed by atoms with Gasteiger partial charge < -0.3 is 15.2 Å². The lowest BCUT2D eigenvalue weighted by molar-refractivity contribution is 0.114. The molecular formula is C13H20N2O4S. The highest BCUT2D eigenvalue weighted by Crippen LogP contribution is 2.26. The van der Waals surface area contributed by atoms with E-state index in [1.165, 1.54) is 6.07 Å². The van der Waals surface area contributed by atoms with E-state index < -0.39 is 10.0 Å². The lowest BCUT2D eigenvalue weighted by Crippen LogP contribution is -2.32. The molecule has 1 fully saturated rings. The lowest BCUT2D eigenvalue weighted by atomic mass is 10.2. The van der Waals surface area contributed by atoms with Crippen LogP contribution in [0.2, 0.25) is 0 Å². The smallest absolute Gasteiger partial charge is 0.244 e. The van der Waals surface area contributed by atoms with Gasteiger partial charge in [-0.25, -0.2) is 13.1 Å². The van der Waals surface area contributed by atoms with E-state index in [0.29, 0.717) is 24.7 Å². The van der Waals surface area contributed by atoms with Crippen molar-refractivity contribution in [2.24, 2.45) is 0 Å². The third-order valence-electron chi connectivity index (χ3n) is 3.08. The molecule has 3 N–H and O–H groups in total. The van der Waals surface area contributed by atoms with Gasteiger partial charge in [0.1, 0.15) is 10.6 Å². The molecule has 1 unspecified atom stereocenters. The van der Waals surface area contributed by atoms with Gasteiger partial charge in [0.25, 0.3) is 0 Å². The summed E-state index contributed by atoms with van der Waals surface area (Å²) in [5.41, 5.74) is 6.05. The van der Waals surface area contributed by atoms with E-state index in [1.54, 1.807) is 19.1 Å². The number of anilines is 1. The third-order valence-corrected chi connectivity index (χ3v) is 4.53. The third kappa shape index (κ3) is 3.62. The predicted octanol–water partition coefficient (Wildman–Crippen LogP) is 1.12. The van der Waals surface area contributed by atoms with E-state index in [9.17, 15) is 8.42 Å². The molecular weight excluding hydrogens is 280 g/mol. The first-order valence-corrected chi connectivity index (χ1v) is 8.15. The van der Waals surface area contributed by atoms with Crippen LogP contribution in [0.25, 0.3) is 0 Å². The molecule has 1 aliphatic heterocycles. The average Bonchev–Trinajstić information content (AvgIpc) is 2.92. The molecule has 20 heavy (non-hydrogen) atoms. The summed E-state index contributed by atoms with van der Waals surface area (Å²) in [7, 11) is -3.66. The van der Waals surface area contributed by atoms with E-state index in [1.807, 2.05) is 0 Å². The van der Waals surface area contributed by atoms with Crippen LogP contribution in [0.1, 0.15) is 19.8 Å². The Labute approximate surface area is 119 Å². The second kappa shape index (κ2) is 6.43. The molecule has 0 aromatic heterocycles. The van der Waals surface area contributed by atoms with Gasteiger partial charge in [-0.05, 0) is 38.0 Å². The van der Waals surface area contributed by atoms with Crippen molar-refractivity contribution in [2.45, 2.75) is 30.8 Å². The van der Waals surface area contributed by atoms with Crippen LogP contribution >= 0.6 is 0 Å². The number of hydrogen-bond acceptors (Lipinski definition) is 5. The highest BCUT2D eigenvalue weighted by Gasteiger charge is 2.23. The molecule has 0 spiro atoms. The molecule has 0 saturated carbocycles. The van der Waals surface area contributed by atoms with Crippen LogP contribution in [0.4, 0.5) is 5.69 Å². The summed E-state index contributed by atoms with van der Waals surface area (Å²) in [6.45, 7) is 3.14. The zero-order chi connectivity index (χ0) is 14.6. The Morgan fingerprint density at radius 3 is 2.95 bits per heavy atom. The second-order valence-corrected chi connectivity index (χ2v) is 6.36. The van der Waals surface area contributed by atoms with E-state index in [0.717, 1.165) is 12.8 Å². The quantitative estimate of drug-likeness (QED) is 0.768. The van der Waals surface area contributed by atoms with Crippen molar-refractivity contribution < 1.29 is 17.9 Å². The van der Waals surface area contributed by atoms with Crippen LogP contribution in [0, 0.1) is 0 Å². The second-order valence-electron chi connectivity index (χ2n) is 4.63. The highest BCUT2D eigenvalue weighted by atomic mass is 32.2. The number of nitrogens with two attached hydrogens (primary N) is 1. The van der Waals surface area contributed by atoms with Crippen molar-refractivity contribution in [1.82, 2.24) is 4.72 Å². The normalized spacial score (nSPS) is 19.1. The number of sulfonamides is 1. The maximum atomic E-state index is 12.3. The minimum atomic E-state index is -3.66. The summed E-state index contributed by atoms with van der Waals surface area (Å²) >= 11 is 0. The number of benzene rings is 1. The van der Waals surface area contributed by atoms with Gasteiger partial charge in [-0.2, -0.15) is 0 Å². The standard InChI is InChI=1S/C13H20N2O4S/c1-2-18-12-6-5-10(14)8-13(12)20(16,17)15-9-11-4-3-7-19-11/h5-6,8,11,15H,2-4,7,9,14H2,1H3. The summed E-state index contributed by atoms with van der Waals surface area (Å²) in [6.07, 6.45) is 1.79. The summed E-state index contributed by atoms with van der Waals surface area (Å²) < 4.78 is 38.0. The molecule has 0 bridgehead atoms. The molecule has 0 radical (unpaired) electrons. The Hall–Kier alpha value is -1.31. The van der Waals surface area contributed by atoms with Crippen LogP contribution in [0.5, 0.6) is 5.75 Å². The van der Waals surface area contributed by atoms with E-state index in [4.69, 9.17) is 15.2 Å². The molecule has 0 aliphatic carbocycles. The predicted molar refractivity (Wildman–Crippen MR) is 76.2 cm³/mol. The van der Waals surface area contributed by atoms with Gasteiger partial charge in [0.15, 0.2) is 0 Å². The van der Waals surface area contributed by atoms with Gasteiger partial charge in [-0.3, -0.25) is 0 Å². The largest absolute Gasteiger partial charge is 0.492 e. The number of nitrogens with one attached hydrogen (secondary N) is 1. The Kier molecular flexibility index (Phi) is 4.85. The molecule has 1 saturated heterocycles. The lowest BCUT2D eigenvalue weighted by Gasteiger charge is -2.14. The Morgan fingerprint density at radius 2 is 2.30 bits per heavy atom. The van der Waals surface area contributed by atoms with Crippen LogP contribution in [0.3, 0.4) is 0 Å². The number of rotatable bonds is 6. The minimum absolute atomic E-state index is 0.0543. The molecule has 1 aromatic rings. The summed E-state index contributed by atoms with van der Waals surface area (Å²) in [5.74, 6) is 0.307. The van der Waals surface area contributed by atoms with Gasteiger partial charge >= 0.3 is 0 Å². The topological polar surface area (TPSA) is 90.7 Å². The molecule has 1 atom stereocenters. The monoisotopic (exact) mass is 300 g/mol. The zero-order valence-electron chi connectivity index (χ0n) is 11.5. The van der Waals surface area contributed by atoms with Crippen molar-refractivity contribution in [3.63, 3.8) is 0 Å². The van der Waals surface area contributed by atoms with E-state index >= 15 is 0 Å². The molecule has 112 valence electrons. The molecule has 6 nitrogen and oxygen atoms in total. The van der Waals surface area contributed by atoms with E-state index in [-0.39, 0.29) is 17.5 Å². The number of ether oxygens (including phenoxy) is 2. The molecule has 1 heterocycles. The molecule has 2 rings (SSSR count). The van der Waals surface area contributed by atoms with Gasteiger partial charge in [-0.15, -0.1) is 0 Å². The first-order chi connectivity index (χ1) is 9.53. The van der Waals surface area contributed by atoms with Gasteiger partial charge in [0, 0.05) is 18.8 Å². The zero-order valence-corrected chi connectivity index (χ0v) is 12.3. The van der Waals surface area contributed by atoms with Crippen molar-refractivity contribution in [3.05, 3.63) is 18.2 Å². The summed E-state index contributed by atoms with van der Waals surface area (Å²) in [5, 5.41) is 0. The fourth-order valence-electron chi connectivity index (χ4n) is 2.10. The summed E-state index contributed by atoms with van der Waals surface area (Å²) in [6, 6.07) is 4.59. The first-order valence-electron chi connectivity index (χ1n) is 6.66. The van der Waals surface area contributed by atoms with E-state index in [2.05, 4.69) is 4.72 Å². The first kappa shape index (κ1) is 15.1. The fraction of sp³-hybridized carbons (Fsp3) is 0.538. The molecule has 1 aliphatic rings. The molecule has 7 heteroatoms. The summed E-state index contributed by atoms with van der Waals surface area (Å²) in [4.78, 5) is 0.0670. The van der Waals surface area contributed by atoms with Gasteiger partial charge in [0.05, 0.1) is 12.7 Å². The van der Waals surface area contributed by atoms with Crippen LogP contribution < -0.4 is 15.2 Å². The molecule has 1 aromatic carbocycles. The average molecular weight is 300 g/mol. The van der Waals surface area contributed by atoms with Gasteiger partial charge in [-0.1, -0.05) is 0 Å². The number of nitrogen functional groups attached to an aromatic ring is 1. The van der Waals surface area contributed by atoms with Crippen molar-refractivity contribution >= 4 is 15.7 Å². The fourth-order valence-corrected chi connectivity index (χ4v) is 3.34. The highest BCUT2D eigenvalue weighted by molar-refractivity contribution is 7.89. The SMILES string of the molecule is CCOc1ccc(N)cc1S(=O)(=O)NCC1CCCO1. The Morgan fingerprint density at radius 1 is 1.50 bits per heavy atom. The van der Waals surface area contributed by atoms with Crippen molar-refractivity contribution in [1.29, 1.82) is 0 Å². The van der Waals surface area contributed by atoms with Crippen LogP contribution in [0.15, 0.2) is 23.1 Å². The molecule has 0 amide bonds. The Bertz CT molecular complexity index is 553. The maximum absolute atomic E-state index is 12.3. The van der Waals surface area contributed by atoms with Gasteiger partial charge in [0.2, 0.25) is 10.0 Å². The minimum Gasteiger partial charge on any atom is -0.492 e. The van der Waals surface area contributed by atoms with Crippen molar-refractivity contribution in [3.8, 4) is 5.75 Å².